The SMILES string of the molecule is C=C(Cl)C(F)C(F)(F)C(F)F. The number of halogens is 6. The van der Waals surface area contributed by atoms with Gasteiger partial charge in [-0.2, -0.15) is 8.78 Å². The van der Waals surface area contributed by atoms with Crippen LogP contribution in [0.2, 0.25) is 0 Å². The average molecular weight is 195 g/mol. The second-order valence-corrected chi connectivity index (χ2v) is 2.27. The van der Waals surface area contributed by atoms with Gasteiger partial charge in [0.15, 0.2) is 0 Å². The Hall–Kier alpha value is -0.320. The topological polar surface area (TPSA) is 0 Å². The average Bonchev–Trinajstić information content (AvgIpc) is 1.85. The molecule has 0 aliphatic rings. The van der Waals surface area contributed by atoms with E-state index in [9.17, 15) is 22.0 Å². The molecule has 0 saturated heterocycles. The molecular formula is C5H4ClF5. The van der Waals surface area contributed by atoms with E-state index in [4.69, 9.17) is 0 Å². The Balaban J connectivity index is 4.41. The van der Waals surface area contributed by atoms with Crippen molar-refractivity contribution in [1.29, 1.82) is 0 Å². The Labute approximate surface area is 64.6 Å². The summed E-state index contributed by atoms with van der Waals surface area (Å²) in [6.45, 7) is 2.58. The van der Waals surface area contributed by atoms with Gasteiger partial charge in [-0.05, 0) is 0 Å². The standard InChI is InChI=1S/C5H4ClF5/c1-2(6)3(7)5(10,11)4(8)9/h3-4H,1H2. The van der Waals surface area contributed by atoms with Gasteiger partial charge in [-0.25, -0.2) is 13.2 Å². The lowest BCUT2D eigenvalue weighted by Gasteiger charge is -2.18. The predicted octanol–water partition coefficient (Wildman–Crippen LogP) is 2.98. The van der Waals surface area contributed by atoms with Crippen LogP contribution in [0.4, 0.5) is 22.0 Å². The Bertz CT molecular complexity index is 155. The van der Waals surface area contributed by atoms with E-state index in [1.807, 2.05) is 0 Å². The zero-order chi connectivity index (χ0) is 9.23. The van der Waals surface area contributed by atoms with Crippen LogP contribution in [0.15, 0.2) is 11.6 Å². The molecule has 0 spiro atoms. The van der Waals surface area contributed by atoms with Gasteiger partial charge in [0.25, 0.3) is 0 Å². The van der Waals surface area contributed by atoms with Gasteiger partial charge in [-0.1, -0.05) is 18.2 Å². The molecule has 0 bridgehead atoms. The summed E-state index contributed by atoms with van der Waals surface area (Å²) in [6, 6.07) is 0. The molecule has 0 amide bonds. The Morgan fingerprint density at radius 1 is 1.27 bits per heavy atom. The molecule has 0 aromatic rings. The zero-order valence-electron chi connectivity index (χ0n) is 5.13. The van der Waals surface area contributed by atoms with Crippen LogP contribution in [0.25, 0.3) is 0 Å². The molecule has 0 heterocycles. The number of alkyl halides is 5. The fourth-order valence-electron chi connectivity index (χ4n) is 0.319. The lowest BCUT2D eigenvalue weighted by atomic mass is 10.2. The third kappa shape index (κ3) is 2.32. The first-order chi connectivity index (χ1) is 4.80. The van der Waals surface area contributed by atoms with Gasteiger partial charge < -0.3 is 0 Å². The number of hydrogen-bond donors (Lipinski definition) is 0. The van der Waals surface area contributed by atoms with Crippen molar-refractivity contribution in [1.82, 2.24) is 0 Å². The Morgan fingerprint density at radius 2 is 1.64 bits per heavy atom. The van der Waals surface area contributed by atoms with Crippen molar-refractivity contribution in [2.45, 2.75) is 18.5 Å². The molecule has 0 aliphatic carbocycles. The summed E-state index contributed by atoms with van der Waals surface area (Å²) in [5.74, 6) is -4.75. The van der Waals surface area contributed by atoms with Crippen molar-refractivity contribution in [2.75, 3.05) is 0 Å². The molecule has 0 aromatic carbocycles. The van der Waals surface area contributed by atoms with Gasteiger partial charge in [0.05, 0.1) is 5.03 Å². The third-order valence-corrected chi connectivity index (χ3v) is 1.10. The van der Waals surface area contributed by atoms with Gasteiger partial charge in [0.2, 0.25) is 6.17 Å². The van der Waals surface area contributed by atoms with E-state index in [0.717, 1.165) is 0 Å². The van der Waals surface area contributed by atoms with Crippen LogP contribution in [0.1, 0.15) is 0 Å². The minimum absolute atomic E-state index is 1.13. The third-order valence-electron chi connectivity index (χ3n) is 0.904. The predicted molar refractivity (Wildman–Crippen MR) is 30.8 cm³/mol. The van der Waals surface area contributed by atoms with E-state index in [1.165, 1.54) is 0 Å². The lowest BCUT2D eigenvalue weighted by Crippen LogP contribution is -2.37. The zero-order valence-corrected chi connectivity index (χ0v) is 5.89. The maximum atomic E-state index is 12.1. The van der Waals surface area contributed by atoms with E-state index in [-0.39, 0.29) is 0 Å². The highest BCUT2D eigenvalue weighted by molar-refractivity contribution is 6.29. The van der Waals surface area contributed by atoms with E-state index in [1.54, 1.807) is 0 Å². The van der Waals surface area contributed by atoms with Crippen LogP contribution in [0, 0.1) is 0 Å². The van der Waals surface area contributed by atoms with Gasteiger partial charge in [-0.15, -0.1) is 0 Å². The number of allylic oxidation sites excluding steroid dienone is 1. The van der Waals surface area contributed by atoms with E-state index < -0.39 is 23.6 Å². The molecule has 1 unspecified atom stereocenters. The van der Waals surface area contributed by atoms with Crippen LogP contribution in [-0.4, -0.2) is 18.5 Å². The van der Waals surface area contributed by atoms with Crippen molar-refractivity contribution in [3.8, 4) is 0 Å². The van der Waals surface area contributed by atoms with Crippen LogP contribution in [0.3, 0.4) is 0 Å². The molecule has 6 heteroatoms. The molecule has 0 aromatic heterocycles. The highest BCUT2D eigenvalue weighted by atomic mass is 35.5. The maximum absolute atomic E-state index is 12.1. The van der Waals surface area contributed by atoms with Crippen molar-refractivity contribution in [2.24, 2.45) is 0 Å². The van der Waals surface area contributed by atoms with Crippen LogP contribution in [-0.2, 0) is 0 Å². The van der Waals surface area contributed by atoms with Crippen molar-refractivity contribution >= 4 is 11.6 Å². The summed E-state index contributed by atoms with van der Waals surface area (Å²) in [5, 5.41) is -1.13. The molecule has 11 heavy (non-hydrogen) atoms. The molecule has 0 radical (unpaired) electrons. The molecular weight excluding hydrogens is 190 g/mol. The van der Waals surface area contributed by atoms with Crippen LogP contribution in [0.5, 0.6) is 0 Å². The van der Waals surface area contributed by atoms with Crippen molar-refractivity contribution < 1.29 is 22.0 Å². The smallest absolute Gasteiger partial charge is 0.234 e. The summed E-state index contributed by atoms with van der Waals surface area (Å²) in [7, 11) is 0. The fraction of sp³-hybridized carbons (Fsp3) is 0.600. The van der Waals surface area contributed by atoms with Gasteiger partial charge >= 0.3 is 12.3 Å². The first kappa shape index (κ1) is 10.7. The molecule has 0 nitrogen and oxygen atoms in total. The summed E-state index contributed by atoms with van der Waals surface area (Å²) in [6.07, 6.45) is -7.28. The molecule has 0 aliphatic heterocycles. The first-order valence-electron chi connectivity index (χ1n) is 2.44. The summed E-state index contributed by atoms with van der Waals surface area (Å²) in [5.41, 5.74) is 0. The minimum atomic E-state index is -4.75. The molecule has 0 fully saturated rings. The van der Waals surface area contributed by atoms with E-state index >= 15 is 0 Å². The molecule has 1 atom stereocenters. The van der Waals surface area contributed by atoms with Gasteiger partial charge in [-0.3, -0.25) is 0 Å². The van der Waals surface area contributed by atoms with E-state index in [2.05, 4.69) is 18.2 Å². The van der Waals surface area contributed by atoms with Crippen molar-refractivity contribution in [3.05, 3.63) is 11.6 Å². The number of hydrogen-bond acceptors (Lipinski definition) is 0. The highest BCUT2D eigenvalue weighted by Crippen LogP contribution is 2.33. The maximum Gasteiger partial charge on any atom is 0.342 e. The largest absolute Gasteiger partial charge is 0.342 e. The first-order valence-corrected chi connectivity index (χ1v) is 2.82. The summed E-state index contributed by atoms with van der Waals surface area (Å²) < 4.78 is 58.6. The molecule has 0 rings (SSSR count). The molecule has 0 saturated carbocycles. The highest BCUT2D eigenvalue weighted by Gasteiger charge is 2.50. The van der Waals surface area contributed by atoms with Crippen LogP contribution >= 0.6 is 11.6 Å². The Morgan fingerprint density at radius 3 is 1.73 bits per heavy atom. The van der Waals surface area contributed by atoms with Gasteiger partial charge in [0, 0.05) is 0 Å². The van der Waals surface area contributed by atoms with E-state index in [0.29, 0.717) is 0 Å². The van der Waals surface area contributed by atoms with Crippen LogP contribution < -0.4 is 0 Å². The minimum Gasteiger partial charge on any atom is -0.234 e. The molecule has 66 valence electrons. The Kier molecular flexibility index (Phi) is 3.29. The summed E-state index contributed by atoms with van der Waals surface area (Å²) >= 11 is 4.67. The van der Waals surface area contributed by atoms with Gasteiger partial charge in [0.1, 0.15) is 0 Å². The summed E-state index contributed by atoms with van der Waals surface area (Å²) in [4.78, 5) is 0. The normalized spacial score (nSPS) is 15.2. The fourth-order valence-corrected chi connectivity index (χ4v) is 0.465. The molecule has 0 N–H and O–H groups in total. The van der Waals surface area contributed by atoms with Crippen molar-refractivity contribution in [3.63, 3.8) is 0 Å². The second kappa shape index (κ2) is 3.38. The quantitative estimate of drug-likeness (QED) is 0.606. The monoisotopic (exact) mass is 194 g/mol. The second-order valence-electron chi connectivity index (χ2n) is 1.78. The lowest BCUT2D eigenvalue weighted by molar-refractivity contribution is -0.159. The number of rotatable bonds is 3.